The van der Waals surface area contributed by atoms with Gasteiger partial charge in [-0.2, -0.15) is 0 Å². The molecule has 28 heavy (non-hydrogen) atoms. The molecule has 7 nitrogen and oxygen atoms in total. The number of halogens is 1. The molecule has 0 atom stereocenters. The first-order valence-corrected chi connectivity index (χ1v) is 8.66. The molecule has 2 rings (SSSR count). The first-order chi connectivity index (χ1) is 13.2. The molecule has 2 aromatic carbocycles. The van der Waals surface area contributed by atoms with E-state index < -0.39 is 0 Å². The Morgan fingerprint density at radius 2 is 1.71 bits per heavy atom. The van der Waals surface area contributed by atoms with Gasteiger partial charge in [0.25, 0.3) is 0 Å². The minimum atomic E-state index is -0.0204. The smallest absolute Gasteiger partial charge is 0.222 e. The van der Waals surface area contributed by atoms with Crippen LogP contribution in [0.15, 0.2) is 53.5 Å². The molecule has 0 spiro atoms. The number of nitrogens with one attached hydrogen (secondary N) is 3. The number of carbonyl (C=O) groups excluding carboxylic acids is 1. The SMILES string of the molecule is CN=C(NCCC(=O)NCc1ccccc1)Nc1ccc(OC)c(OC)c1.I. The van der Waals surface area contributed by atoms with Crippen molar-refractivity contribution in [2.75, 3.05) is 33.1 Å². The van der Waals surface area contributed by atoms with Crippen LogP contribution in [-0.2, 0) is 11.3 Å². The molecule has 1 amide bonds. The molecular formula is C20H27IN4O3. The van der Waals surface area contributed by atoms with Gasteiger partial charge in [0.1, 0.15) is 0 Å². The lowest BCUT2D eigenvalue weighted by atomic mass is 10.2. The molecule has 0 saturated carbocycles. The molecule has 0 aliphatic heterocycles. The van der Waals surface area contributed by atoms with Gasteiger partial charge < -0.3 is 25.4 Å². The summed E-state index contributed by atoms with van der Waals surface area (Å²) in [6.45, 7) is 0.992. The van der Waals surface area contributed by atoms with Crippen molar-refractivity contribution in [3.8, 4) is 11.5 Å². The van der Waals surface area contributed by atoms with Crippen molar-refractivity contribution in [3.63, 3.8) is 0 Å². The van der Waals surface area contributed by atoms with Crippen molar-refractivity contribution in [2.24, 2.45) is 4.99 Å². The third-order valence-corrected chi connectivity index (χ3v) is 3.85. The van der Waals surface area contributed by atoms with Gasteiger partial charge >= 0.3 is 0 Å². The van der Waals surface area contributed by atoms with Crippen LogP contribution in [0.5, 0.6) is 11.5 Å². The van der Waals surface area contributed by atoms with Gasteiger partial charge in [-0.3, -0.25) is 9.79 Å². The molecule has 0 fully saturated rings. The number of rotatable bonds is 8. The molecule has 0 unspecified atom stereocenters. The van der Waals surface area contributed by atoms with E-state index in [4.69, 9.17) is 9.47 Å². The molecule has 152 valence electrons. The molecule has 0 heterocycles. The van der Waals surface area contributed by atoms with E-state index in [1.54, 1.807) is 21.3 Å². The standard InChI is InChI=1S/C20H26N4O3.HI/c1-21-20(24-16-9-10-17(26-2)18(13-16)27-3)22-12-11-19(25)23-14-15-7-5-4-6-8-15;/h4-10,13H,11-12,14H2,1-3H3,(H,23,25)(H2,21,22,24);1H. The molecule has 8 heteroatoms. The molecular weight excluding hydrogens is 471 g/mol. The molecule has 0 saturated heterocycles. The quantitative estimate of drug-likeness (QED) is 0.296. The lowest BCUT2D eigenvalue weighted by Gasteiger charge is -2.14. The van der Waals surface area contributed by atoms with Crippen molar-refractivity contribution < 1.29 is 14.3 Å². The van der Waals surface area contributed by atoms with E-state index in [1.807, 2.05) is 48.5 Å². The number of ether oxygens (including phenoxy) is 2. The fourth-order valence-corrected chi connectivity index (χ4v) is 2.41. The molecule has 3 N–H and O–H groups in total. The summed E-state index contributed by atoms with van der Waals surface area (Å²) in [4.78, 5) is 16.1. The number of amides is 1. The number of nitrogens with zero attached hydrogens (tertiary/aromatic N) is 1. The molecule has 0 bridgehead atoms. The number of carbonyl (C=O) groups is 1. The minimum absolute atomic E-state index is 0. The highest BCUT2D eigenvalue weighted by molar-refractivity contribution is 14.0. The fraction of sp³-hybridized carbons (Fsp3) is 0.300. The first kappa shape index (κ1) is 23.5. The van der Waals surface area contributed by atoms with Crippen molar-refractivity contribution >= 4 is 41.5 Å². The molecule has 0 aliphatic carbocycles. The Kier molecular flexibility index (Phi) is 10.8. The number of hydrogen-bond donors (Lipinski definition) is 3. The highest BCUT2D eigenvalue weighted by atomic mass is 127. The summed E-state index contributed by atoms with van der Waals surface area (Å²) in [6.07, 6.45) is 0.347. The summed E-state index contributed by atoms with van der Waals surface area (Å²) in [5.74, 6) is 1.82. The Bertz CT molecular complexity index is 769. The Morgan fingerprint density at radius 3 is 2.36 bits per heavy atom. The van der Waals surface area contributed by atoms with Gasteiger partial charge in [0.15, 0.2) is 17.5 Å². The molecule has 0 aliphatic rings. The lowest BCUT2D eigenvalue weighted by Crippen LogP contribution is -2.34. The summed E-state index contributed by atoms with van der Waals surface area (Å²) in [7, 11) is 4.85. The number of guanidine groups is 1. The van der Waals surface area contributed by atoms with Gasteiger partial charge in [-0.15, -0.1) is 24.0 Å². The minimum Gasteiger partial charge on any atom is -0.493 e. The number of anilines is 1. The largest absolute Gasteiger partial charge is 0.493 e. The second-order valence-corrected chi connectivity index (χ2v) is 5.71. The maximum atomic E-state index is 12.0. The second-order valence-electron chi connectivity index (χ2n) is 5.71. The van der Waals surface area contributed by atoms with Crippen LogP contribution in [0, 0.1) is 0 Å². The van der Waals surface area contributed by atoms with Crippen LogP contribution in [0.3, 0.4) is 0 Å². The van der Waals surface area contributed by atoms with Crippen LogP contribution in [-0.4, -0.2) is 39.7 Å². The average molecular weight is 498 g/mol. The predicted octanol–water partition coefficient (Wildman–Crippen LogP) is 3.02. The Morgan fingerprint density at radius 1 is 1.00 bits per heavy atom. The zero-order valence-corrected chi connectivity index (χ0v) is 18.7. The average Bonchev–Trinajstić information content (AvgIpc) is 2.72. The van der Waals surface area contributed by atoms with E-state index in [1.165, 1.54) is 0 Å². The van der Waals surface area contributed by atoms with E-state index in [-0.39, 0.29) is 29.9 Å². The maximum absolute atomic E-state index is 12.0. The van der Waals surface area contributed by atoms with Gasteiger partial charge in [0.05, 0.1) is 14.2 Å². The predicted molar refractivity (Wildman–Crippen MR) is 123 cm³/mol. The monoisotopic (exact) mass is 498 g/mol. The van der Waals surface area contributed by atoms with Crippen LogP contribution < -0.4 is 25.4 Å². The van der Waals surface area contributed by atoms with E-state index in [9.17, 15) is 4.79 Å². The summed E-state index contributed by atoms with van der Waals surface area (Å²) >= 11 is 0. The maximum Gasteiger partial charge on any atom is 0.222 e. The van der Waals surface area contributed by atoms with Crippen LogP contribution >= 0.6 is 24.0 Å². The number of aliphatic imine (C=N–C) groups is 1. The molecule has 0 radical (unpaired) electrons. The second kappa shape index (κ2) is 12.8. The van der Waals surface area contributed by atoms with E-state index >= 15 is 0 Å². The number of hydrogen-bond acceptors (Lipinski definition) is 4. The highest BCUT2D eigenvalue weighted by Crippen LogP contribution is 2.29. The zero-order valence-electron chi connectivity index (χ0n) is 16.3. The number of benzene rings is 2. The van der Waals surface area contributed by atoms with E-state index in [0.29, 0.717) is 37.0 Å². The first-order valence-electron chi connectivity index (χ1n) is 8.66. The molecule has 0 aromatic heterocycles. The van der Waals surface area contributed by atoms with Gasteiger partial charge in [-0.1, -0.05) is 30.3 Å². The van der Waals surface area contributed by atoms with Gasteiger partial charge in [0, 0.05) is 38.3 Å². The van der Waals surface area contributed by atoms with Crippen molar-refractivity contribution in [2.45, 2.75) is 13.0 Å². The van der Waals surface area contributed by atoms with Gasteiger partial charge in [0.2, 0.25) is 5.91 Å². The Hall–Kier alpha value is -2.49. The Labute approximate surface area is 182 Å². The third kappa shape index (κ3) is 7.63. The van der Waals surface area contributed by atoms with Crippen molar-refractivity contribution in [1.29, 1.82) is 0 Å². The summed E-state index contributed by atoms with van der Waals surface area (Å²) in [5.41, 5.74) is 1.87. The summed E-state index contributed by atoms with van der Waals surface area (Å²) in [5, 5.41) is 9.18. The van der Waals surface area contributed by atoms with Crippen LogP contribution in [0.2, 0.25) is 0 Å². The topological polar surface area (TPSA) is 84.0 Å². The van der Waals surface area contributed by atoms with Crippen molar-refractivity contribution in [1.82, 2.24) is 10.6 Å². The summed E-state index contributed by atoms with van der Waals surface area (Å²) in [6, 6.07) is 15.3. The summed E-state index contributed by atoms with van der Waals surface area (Å²) < 4.78 is 10.5. The highest BCUT2D eigenvalue weighted by Gasteiger charge is 2.07. The van der Waals surface area contributed by atoms with Gasteiger partial charge in [-0.25, -0.2) is 0 Å². The van der Waals surface area contributed by atoms with Crippen molar-refractivity contribution in [3.05, 3.63) is 54.1 Å². The lowest BCUT2D eigenvalue weighted by molar-refractivity contribution is -0.121. The van der Waals surface area contributed by atoms with Crippen LogP contribution in [0.4, 0.5) is 5.69 Å². The third-order valence-electron chi connectivity index (χ3n) is 3.85. The van der Waals surface area contributed by atoms with E-state index in [2.05, 4.69) is 20.9 Å². The fourth-order valence-electron chi connectivity index (χ4n) is 2.41. The normalized spacial score (nSPS) is 10.5. The molecule has 2 aromatic rings. The van der Waals surface area contributed by atoms with Crippen LogP contribution in [0.25, 0.3) is 0 Å². The van der Waals surface area contributed by atoms with E-state index in [0.717, 1.165) is 11.3 Å². The van der Waals surface area contributed by atoms with Gasteiger partial charge in [-0.05, 0) is 17.7 Å². The Balaban J connectivity index is 0.00000392. The number of methoxy groups -OCH3 is 2. The zero-order chi connectivity index (χ0) is 19.5. The van der Waals surface area contributed by atoms with Crippen LogP contribution in [0.1, 0.15) is 12.0 Å².